The number of benzene rings is 1. The summed E-state index contributed by atoms with van der Waals surface area (Å²) in [4.78, 5) is 30.5. The molecular formula is C25H28ClN3O2. The van der Waals surface area contributed by atoms with Crippen LogP contribution in [0.1, 0.15) is 54.6 Å². The van der Waals surface area contributed by atoms with Gasteiger partial charge in [0, 0.05) is 22.3 Å². The van der Waals surface area contributed by atoms with Gasteiger partial charge in [0.1, 0.15) is 5.82 Å². The molecule has 2 amide bonds. The van der Waals surface area contributed by atoms with E-state index < -0.39 is 0 Å². The van der Waals surface area contributed by atoms with Crippen LogP contribution < -0.4 is 10.6 Å². The molecule has 1 heterocycles. The summed E-state index contributed by atoms with van der Waals surface area (Å²) in [5.74, 6) is 2.23. The van der Waals surface area contributed by atoms with Crippen molar-refractivity contribution in [2.75, 3.05) is 5.32 Å². The Morgan fingerprint density at radius 1 is 1.03 bits per heavy atom. The monoisotopic (exact) mass is 437 g/mol. The fraction of sp³-hybridized carbons (Fsp3) is 0.480. The molecule has 31 heavy (non-hydrogen) atoms. The van der Waals surface area contributed by atoms with Crippen molar-refractivity contribution in [1.29, 1.82) is 0 Å². The number of fused-ring (bicyclic) bond motifs is 2. The summed E-state index contributed by atoms with van der Waals surface area (Å²) in [7, 11) is 0. The summed E-state index contributed by atoms with van der Waals surface area (Å²) in [6.45, 7) is 1.93. The van der Waals surface area contributed by atoms with Crippen molar-refractivity contribution in [3.63, 3.8) is 0 Å². The van der Waals surface area contributed by atoms with Crippen molar-refractivity contribution < 1.29 is 9.59 Å². The quantitative estimate of drug-likeness (QED) is 0.707. The molecule has 0 aliphatic heterocycles. The second kappa shape index (κ2) is 7.94. The fourth-order valence-electron chi connectivity index (χ4n) is 6.40. The van der Waals surface area contributed by atoms with Gasteiger partial charge >= 0.3 is 0 Å². The maximum atomic E-state index is 13.3. The van der Waals surface area contributed by atoms with E-state index in [1.807, 2.05) is 25.1 Å². The second-order valence-electron chi connectivity index (χ2n) is 9.79. The summed E-state index contributed by atoms with van der Waals surface area (Å²) >= 11 is 6.05. The van der Waals surface area contributed by atoms with E-state index in [-0.39, 0.29) is 23.3 Å². The minimum absolute atomic E-state index is 0.0576. The van der Waals surface area contributed by atoms with Crippen LogP contribution in [0.4, 0.5) is 5.82 Å². The SMILES string of the molecule is Cc1cccc(NC(=O)C23CC4CC(NC(=O)c5cccc(Cl)c5)CC(C2)C(C4)C3)n1. The van der Waals surface area contributed by atoms with Crippen LogP contribution >= 0.6 is 11.6 Å². The molecule has 3 bridgehead atoms. The number of hydrogen-bond donors (Lipinski definition) is 2. The number of nitrogens with zero attached hydrogens (tertiary/aromatic N) is 1. The van der Waals surface area contributed by atoms with E-state index in [1.54, 1.807) is 24.3 Å². The normalized spacial score (nSPS) is 31.2. The predicted molar refractivity (Wildman–Crippen MR) is 121 cm³/mol. The molecule has 3 aliphatic rings. The number of amides is 2. The number of hydrogen-bond acceptors (Lipinski definition) is 3. The van der Waals surface area contributed by atoms with Crippen molar-refractivity contribution in [1.82, 2.24) is 10.3 Å². The van der Waals surface area contributed by atoms with Gasteiger partial charge in [-0.3, -0.25) is 9.59 Å². The van der Waals surface area contributed by atoms with E-state index in [0.29, 0.717) is 34.2 Å². The number of aryl methyl sites for hydroxylation is 1. The van der Waals surface area contributed by atoms with Crippen LogP contribution in [0.2, 0.25) is 5.02 Å². The summed E-state index contributed by atoms with van der Waals surface area (Å²) < 4.78 is 0. The van der Waals surface area contributed by atoms with Gasteiger partial charge in [0.05, 0.1) is 5.41 Å². The van der Waals surface area contributed by atoms with E-state index in [9.17, 15) is 9.59 Å². The van der Waals surface area contributed by atoms with Gasteiger partial charge in [0.15, 0.2) is 0 Å². The number of aromatic nitrogens is 1. The smallest absolute Gasteiger partial charge is 0.251 e. The molecule has 5 unspecified atom stereocenters. The third-order valence-corrected chi connectivity index (χ3v) is 7.76. The van der Waals surface area contributed by atoms with Crippen molar-refractivity contribution in [3.8, 4) is 0 Å². The number of nitrogens with one attached hydrogen (secondary N) is 2. The average Bonchev–Trinajstić information content (AvgIpc) is 2.91. The van der Waals surface area contributed by atoms with Crippen LogP contribution in [0.5, 0.6) is 0 Å². The third kappa shape index (κ3) is 4.08. The van der Waals surface area contributed by atoms with E-state index in [1.165, 1.54) is 6.42 Å². The van der Waals surface area contributed by atoms with Crippen molar-refractivity contribution in [2.45, 2.75) is 51.5 Å². The zero-order valence-electron chi connectivity index (χ0n) is 17.7. The van der Waals surface area contributed by atoms with Gasteiger partial charge in [-0.05, 0) is 93.5 Å². The minimum atomic E-state index is -0.286. The van der Waals surface area contributed by atoms with Gasteiger partial charge in [-0.15, -0.1) is 0 Å². The van der Waals surface area contributed by atoms with E-state index in [2.05, 4.69) is 15.6 Å². The van der Waals surface area contributed by atoms with Gasteiger partial charge in [-0.1, -0.05) is 23.7 Å². The maximum Gasteiger partial charge on any atom is 0.251 e. The highest BCUT2D eigenvalue weighted by Gasteiger charge is 2.56. The van der Waals surface area contributed by atoms with E-state index >= 15 is 0 Å². The second-order valence-corrected chi connectivity index (χ2v) is 10.2. The number of pyridine rings is 1. The highest BCUT2D eigenvalue weighted by atomic mass is 35.5. The molecule has 2 aromatic rings. The summed E-state index contributed by atoms with van der Waals surface area (Å²) in [5, 5.41) is 6.92. The molecule has 3 fully saturated rings. The van der Waals surface area contributed by atoms with Crippen molar-refractivity contribution in [2.24, 2.45) is 23.2 Å². The summed E-state index contributed by atoms with van der Waals surface area (Å²) in [6, 6.07) is 13.0. The Labute approximate surface area is 188 Å². The number of carbonyl (C=O) groups is 2. The third-order valence-electron chi connectivity index (χ3n) is 7.53. The molecule has 5 nitrogen and oxygen atoms in total. The Hall–Kier alpha value is -2.40. The Bertz CT molecular complexity index is 1020. The molecule has 2 N–H and O–H groups in total. The highest BCUT2D eigenvalue weighted by Crippen LogP contribution is 2.60. The number of rotatable bonds is 4. The summed E-state index contributed by atoms with van der Waals surface area (Å²) in [5.41, 5.74) is 1.22. The van der Waals surface area contributed by atoms with Crippen molar-refractivity contribution >= 4 is 29.2 Å². The standard InChI is InChI=1S/C25H28ClN3O2/c1-15-4-2-7-22(27-15)29-24(31)25-12-16-8-18(13-25)19(14-25)11-21(9-16)28-23(30)17-5-3-6-20(26)10-17/h2-7,10,16,18-19,21H,8-9,11-14H2,1H3,(H,28,30)(H,27,29,31). The zero-order valence-corrected chi connectivity index (χ0v) is 18.5. The first-order valence-electron chi connectivity index (χ1n) is 11.2. The molecule has 0 radical (unpaired) electrons. The van der Waals surface area contributed by atoms with Gasteiger partial charge in [-0.25, -0.2) is 4.98 Å². The molecule has 6 heteroatoms. The molecular weight excluding hydrogens is 410 g/mol. The van der Waals surface area contributed by atoms with Crippen LogP contribution in [0, 0.1) is 30.1 Å². The molecule has 162 valence electrons. The lowest BCUT2D eigenvalue weighted by Gasteiger charge is -2.37. The fourth-order valence-corrected chi connectivity index (χ4v) is 6.59. The van der Waals surface area contributed by atoms with Crippen LogP contribution in [0.15, 0.2) is 42.5 Å². The zero-order chi connectivity index (χ0) is 21.6. The number of anilines is 1. The molecule has 5 atom stereocenters. The highest BCUT2D eigenvalue weighted by molar-refractivity contribution is 6.30. The lowest BCUT2D eigenvalue weighted by atomic mass is 9.69. The molecule has 3 aliphatic carbocycles. The molecule has 0 spiro atoms. The van der Waals surface area contributed by atoms with Crippen LogP contribution in [0.3, 0.4) is 0 Å². The first kappa shape index (κ1) is 20.5. The Balaban J connectivity index is 1.28. The Morgan fingerprint density at radius 2 is 1.81 bits per heavy atom. The molecule has 1 aromatic heterocycles. The van der Waals surface area contributed by atoms with Gasteiger partial charge in [-0.2, -0.15) is 0 Å². The van der Waals surface area contributed by atoms with Gasteiger partial charge < -0.3 is 10.6 Å². The van der Waals surface area contributed by atoms with E-state index in [0.717, 1.165) is 37.8 Å². The predicted octanol–water partition coefficient (Wildman–Crippen LogP) is 5.00. The average molecular weight is 438 g/mol. The largest absolute Gasteiger partial charge is 0.349 e. The lowest BCUT2D eigenvalue weighted by Crippen LogP contribution is -2.42. The lowest BCUT2D eigenvalue weighted by molar-refractivity contribution is -0.127. The maximum absolute atomic E-state index is 13.3. The number of carbonyl (C=O) groups excluding carboxylic acids is 2. The Morgan fingerprint density at radius 3 is 2.58 bits per heavy atom. The molecule has 0 saturated heterocycles. The minimum Gasteiger partial charge on any atom is -0.349 e. The van der Waals surface area contributed by atoms with Gasteiger partial charge in [0.2, 0.25) is 5.91 Å². The number of halogens is 1. The topological polar surface area (TPSA) is 71.1 Å². The Kier molecular flexibility index (Phi) is 5.25. The van der Waals surface area contributed by atoms with E-state index in [4.69, 9.17) is 11.6 Å². The van der Waals surface area contributed by atoms with Crippen molar-refractivity contribution in [3.05, 3.63) is 58.7 Å². The summed E-state index contributed by atoms with van der Waals surface area (Å²) in [6.07, 6.45) is 5.84. The molecule has 5 rings (SSSR count). The van der Waals surface area contributed by atoms with Crippen LogP contribution in [-0.2, 0) is 4.79 Å². The molecule has 1 aromatic carbocycles. The van der Waals surface area contributed by atoms with Crippen LogP contribution in [-0.4, -0.2) is 22.8 Å². The molecule has 3 saturated carbocycles. The first-order chi connectivity index (χ1) is 14.9. The van der Waals surface area contributed by atoms with Gasteiger partial charge in [0.25, 0.3) is 5.91 Å². The van der Waals surface area contributed by atoms with Crippen LogP contribution in [0.25, 0.3) is 0 Å². The first-order valence-corrected chi connectivity index (χ1v) is 11.6.